The Kier molecular flexibility index (Phi) is 17.3. The van der Waals surface area contributed by atoms with E-state index in [0.717, 1.165) is 49.8 Å². The summed E-state index contributed by atoms with van der Waals surface area (Å²) in [5.74, 6) is -0.310. The molecule has 392 valence electrons. The lowest BCUT2D eigenvalue weighted by Gasteiger charge is -2.45. The van der Waals surface area contributed by atoms with E-state index in [1.165, 1.54) is 12.4 Å². The maximum Gasteiger partial charge on any atom is 0.416 e. The Morgan fingerprint density at radius 1 is 0.903 bits per heavy atom. The Balaban J connectivity index is 0.712. The third-order valence-electron chi connectivity index (χ3n) is 15.9. The monoisotopic (exact) mass is 1000 g/mol. The molecule has 4 heterocycles. The average molecular weight is 1010 g/mol. The Hall–Kier alpha value is -5.47. The number of likely N-dealkylation sites (tertiary alicyclic amines) is 2. The van der Waals surface area contributed by atoms with Crippen LogP contribution in [0, 0.1) is 23.7 Å². The number of fused-ring (bicyclic) bond motifs is 1. The highest BCUT2D eigenvalue weighted by atomic mass is 19.4. The highest BCUT2D eigenvalue weighted by Crippen LogP contribution is 2.38. The van der Waals surface area contributed by atoms with E-state index in [1.807, 2.05) is 17.0 Å². The van der Waals surface area contributed by atoms with Crippen LogP contribution in [0.15, 0.2) is 49.1 Å². The van der Waals surface area contributed by atoms with Gasteiger partial charge in [-0.15, -0.1) is 0 Å². The zero-order chi connectivity index (χ0) is 51.1. The number of aromatic nitrogens is 3. The number of hydrogen-bond acceptors (Lipinski definition) is 12. The van der Waals surface area contributed by atoms with Gasteiger partial charge < -0.3 is 45.4 Å². The van der Waals surface area contributed by atoms with Crippen molar-refractivity contribution >= 4 is 46.3 Å². The summed E-state index contributed by atoms with van der Waals surface area (Å²) in [5.41, 5.74) is 0.350. The second-order valence-corrected chi connectivity index (χ2v) is 20.9. The normalized spacial score (nSPS) is 27.8. The standard InChI is InChI=1S/C52H71F3N10O7/c1-31(2)63(3)38-12-14-44(65-19-15-42(51(65)70)61-48-39-24-36(52(53,54)55)11-13-41(39)58-30-59-48)43(25-38)62-49(68)35-22-37(23-35)60-45(66)16-20-71-28-32-7-9-33(10-8-32)29-72-21-18-57-50(69)40-26-46(67)64(4)47(40)34-6-5-17-56-27-34/h5-6,11,13,17,24,27,30-33,35,37-38,40,42-44,47H,7-10,12,14-16,18-23,25-26,28-29H2,1-4H3,(H,57,69)(H,60,66)(H,62,68)(H,58,59,61)/t32?,33?,35?,37?,38-,40+,42-,43-,44+,47-/m1/s1. The molecule has 17 nitrogen and oxygen atoms in total. The van der Waals surface area contributed by atoms with Crippen LogP contribution in [0.1, 0.15) is 108 Å². The number of rotatable bonds is 20. The molecule has 6 atom stereocenters. The fraction of sp³-hybridized carbons (Fsp3) is 0.654. The van der Waals surface area contributed by atoms with Gasteiger partial charge in [-0.25, -0.2) is 9.97 Å². The van der Waals surface area contributed by atoms with Crippen molar-refractivity contribution in [2.24, 2.45) is 23.7 Å². The van der Waals surface area contributed by atoms with Gasteiger partial charge in [0.1, 0.15) is 18.2 Å². The van der Waals surface area contributed by atoms with Crippen LogP contribution in [0.2, 0.25) is 0 Å². The molecule has 0 bridgehead atoms. The Bertz CT molecular complexity index is 2370. The lowest BCUT2D eigenvalue weighted by Crippen LogP contribution is -2.60. The molecule has 8 rings (SSSR count). The highest BCUT2D eigenvalue weighted by Gasteiger charge is 2.46. The third kappa shape index (κ3) is 12.8. The number of halogens is 3. The average Bonchev–Trinajstić information content (AvgIpc) is 3.87. The lowest BCUT2D eigenvalue weighted by molar-refractivity contribution is -0.137. The summed E-state index contributed by atoms with van der Waals surface area (Å²) < 4.78 is 52.7. The molecule has 5 amide bonds. The summed E-state index contributed by atoms with van der Waals surface area (Å²) in [4.78, 5) is 84.4. The summed E-state index contributed by atoms with van der Waals surface area (Å²) in [7, 11) is 3.80. The van der Waals surface area contributed by atoms with Crippen molar-refractivity contribution in [1.29, 1.82) is 0 Å². The molecule has 2 aliphatic heterocycles. The van der Waals surface area contributed by atoms with Gasteiger partial charge in [-0.3, -0.25) is 29.0 Å². The van der Waals surface area contributed by atoms with Gasteiger partial charge in [0.2, 0.25) is 29.5 Å². The zero-order valence-electron chi connectivity index (χ0n) is 41.9. The molecular weight excluding hydrogens is 934 g/mol. The first kappa shape index (κ1) is 52.8. The quantitative estimate of drug-likeness (QED) is 0.107. The van der Waals surface area contributed by atoms with Crippen LogP contribution in [-0.4, -0.2) is 149 Å². The molecule has 3 aliphatic carbocycles. The van der Waals surface area contributed by atoms with Crippen molar-refractivity contribution in [2.75, 3.05) is 58.9 Å². The lowest BCUT2D eigenvalue weighted by atomic mass is 9.78. The number of pyridine rings is 1. The van der Waals surface area contributed by atoms with Crippen molar-refractivity contribution in [3.63, 3.8) is 0 Å². The Labute approximate surface area is 419 Å². The van der Waals surface area contributed by atoms with Crippen LogP contribution < -0.4 is 21.3 Å². The number of nitrogens with zero attached hydrogens (tertiary/aromatic N) is 6. The van der Waals surface area contributed by atoms with Gasteiger partial charge in [-0.2, -0.15) is 13.2 Å². The molecule has 72 heavy (non-hydrogen) atoms. The molecule has 1 aromatic carbocycles. The molecule has 0 unspecified atom stereocenters. The van der Waals surface area contributed by atoms with Gasteiger partial charge in [0.25, 0.3) is 0 Å². The van der Waals surface area contributed by atoms with E-state index in [-0.39, 0.29) is 95.8 Å². The van der Waals surface area contributed by atoms with E-state index in [9.17, 15) is 37.1 Å². The van der Waals surface area contributed by atoms with Crippen LogP contribution >= 0.6 is 0 Å². The fourth-order valence-corrected chi connectivity index (χ4v) is 11.4. The first-order valence-electron chi connectivity index (χ1n) is 25.8. The summed E-state index contributed by atoms with van der Waals surface area (Å²) in [6.07, 6.45) is 8.24. The molecule has 2 aromatic heterocycles. The van der Waals surface area contributed by atoms with Crippen LogP contribution in [0.5, 0.6) is 0 Å². The van der Waals surface area contributed by atoms with Crippen molar-refractivity contribution in [3.8, 4) is 0 Å². The van der Waals surface area contributed by atoms with E-state index in [4.69, 9.17) is 9.47 Å². The predicted octanol–water partition coefficient (Wildman–Crippen LogP) is 5.26. The number of carbonyl (C=O) groups excluding carboxylic acids is 5. The summed E-state index contributed by atoms with van der Waals surface area (Å²) in [6, 6.07) is 5.76. The van der Waals surface area contributed by atoms with E-state index >= 15 is 0 Å². The smallest absolute Gasteiger partial charge is 0.381 e. The molecular formula is C52H71F3N10O7. The number of carbonyl (C=O) groups is 5. The van der Waals surface area contributed by atoms with Gasteiger partial charge in [0.05, 0.1) is 48.3 Å². The number of benzene rings is 1. The van der Waals surface area contributed by atoms with Crippen molar-refractivity contribution in [3.05, 3.63) is 60.2 Å². The minimum Gasteiger partial charge on any atom is -0.381 e. The second kappa shape index (κ2) is 23.6. The molecule has 0 radical (unpaired) electrons. The van der Waals surface area contributed by atoms with Crippen LogP contribution in [0.3, 0.4) is 0 Å². The molecule has 5 aliphatic rings. The van der Waals surface area contributed by atoms with E-state index in [1.54, 1.807) is 24.3 Å². The van der Waals surface area contributed by atoms with E-state index in [2.05, 4.69) is 62.0 Å². The first-order valence-corrected chi connectivity index (χ1v) is 25.8. The van der Waals surface area contributed by atoms with Crippen LogP contribution in [-0.2, 0) is 39.6 Å². The van der Waals surface area contributed by atoms with Crippen molar-refractivity contribution < 1.29 is 46.6 Å². The van der Waals surface area contributed by atoms with Gasteiger partial charge >= 0.3 is 6.18 Å². The molecule has 5 fully saturated rings. The van der Waals surface area contributed by atoms with Crippen molar-refractivity contribution in [2.45, 2.75) is 139 Å². The molecule has 0 spiro atoms. The van der Waals surface area contributed by atoms with Crippen LogP contribution in [0.25, 0.3) is 10.9 Å². The Morgan fingerprint density at radius 2 is 1.64 bits per heavy atom. The van der Waals surface area contributed by atoms with E-state index < -0.39 is 23.7 Å². The SMILES string of the molecule is CC(C)N(C)[C@@H]1CC[C@H](N2CC[C@@H](Nc3ncnc4ccc(C(F)(F)F)cc34)C2=O)[C@H](NC(=O)C2CC(NC(=O)CCOCC3CCC(COCCNC(=O)[C@H]4CC(=O)N(C)[C@@H]4c4cccnc4)CC3)C2)C1. The summed E-state index contributed by atoms with van der Waals surface area (Å²) in [5, 5.41) is 12.6. The minimum absolute atomic E-state index is 0.0614. The first-order chi connectivity index (χ1) is 34.5. The summed E-state index contributed by atoms with van der Waals surface area (Å²) in [6.45, 7) is 7.00. The minimum atomic E-state index is -4.55. The molecule has 3 aromatic rings. The third-order valence-corrected chi connectivity index (χ3v) is 15.9. The zero-order valence-corrected chi connectivity index (χ0v) is 41.9. The maximum atomic E-state index is 14.0. The molecule has 3 saturated carbocycles. The number of ether oxygens (including phenoxy) is 2. The maximum absolute atomic E-state index is 14.0. The molecule has 20 heteroatoms. The van der Waals surface area contributed by atoms with Gasteiger partial charge in [-0.1, -0.05) is 6.07 Å². The molecule has 2 saturated heterocycles. The highest BCUT2D eigenvalue weighted by molar-refractivity contribution is 5.93. The second-order valence-electron chi connectivity index (χ2n) is 20.9. The molecule has 4 N–H and O–H groups in total. The number of hydrogen-bond donors (Lipinski definition) is 4. The van der Waals surface area contributed by atoms with E-state index in [0.29, 0.717) is 89.0 Å². The summed E-state index contributed by atoms with van der Waals surface area (Å²) >= 11 is 0. The van der Waals surface area contributed by atoms with Gasteiger partial charge in [0, 0.05) is 88.0 Å². The predicted molar refractivity (Wildman–Crippen MR) is 262 cm³/mol. The largest absolute Gasteiger partial charge is 0.416 e. The van der Waals surface area contributed by atoms with Gasteiger partial charge in [-0.05, 0) is 127 Å². The number of amides is 5. The topological polar surface area (TPSA) is 200 Å². The number of nitrogens with one attached hydrogen (secondary N) is 4. The fourth-order valence-electron chi connectivity index (χ4n) is 11.4. The number of anilines is 1. The Morgan fingerprint density at radius 3 is 2.33 bits per heavy atom. The number of alkyl halides is 3. The van der Waals surface area contributed by atoms with Crippen molar-refractivity contribution in [1.82, 2.24) is 45.6 Å². The van der Waals surface area contributed by atoms with Crippen LogP contribution in [0.4, 0.5) is 19.0 Å². The van der Waals surface area contributed by atoms with Gasteiger partial charge in [0.15, 0.2) is 0 Å².